The van der Waals surface area contributed by atoms with E-state index in [1.54, 1.807) is 38.1 Å². The molecule has 0 aliphatic carbocycles. The SMILES string of the molecule is CCC(C)(C)N(C1CC(=O)N(c2ccc(-c3nc4ccccc4o3)cc2)C1=O)S(=O)(=O)c1ccc(Cl)cc1. The monoisotopic (exact) mass is 551 g/mol. The summed E-state index contributed by atoms with van der Waals surface area (Å²) in [5.74, 6) is -0.652. The Morgan fingerprint density at radius 1 is 1.03 bits per heavy atom. The van der Waals surface area contributed by atoms with Crippen molar-refractivity contribution in [3.8, 4) is 11.5 Å². The van der Waals surface area contributed by atoms with Crippen LogP contribution in [0, 0.1) is 0 Å². The molecule has 4 aromatic rings. The van der Waals surface area contributed by atoms with Crippen molar-refractivity contribution in [1.29, 1.82) is 0 Å². The fourth-order valence-corrected chi connectivity index (χ4v) is 6.72. The maximum Gasteiger partial charge on any atom is 0.252 e. The van der Waals surface area contributed by atoms with Gasteiger partial charge < -0.3 is 4.42 Å². The Kier molecular flexibility index (Phi) is 6.63. The number of amides is 2. The number of para-hydroxylation sites is 2. The van der Waals surface area contributed by atoms with Gasteiger partial charge in [0, 0.05) is 16.1 Å². The summed E-state index contributed by atoms with van der Waals surface area (Å²) >= 11 is 5.96. The van der Waals surface area contributed by atoms with Crippen molar-refractivity contribution >= 4 is 50.2 Å². The van der Waals surface area contributed by atoms with E-state index in [9.17, 15) is 18.0 Å². The molecule has 196 valence electrons. The summed E-state index contributed by atoms with van der Waals surface area (Å²) in [6.45, 7) is 5.33. The smallest absolute Gasteiger partial charge is 0.252 e. The lowest BCUT2D eigenvalue weighted by Crippen LogP contribution is -2.55. The number of fused-ring (bicyclic) bond motifs is 1. The number of hydrogen-bond acceptors (Lipinski definition) is 6. The molecule has 0 saturated carbocycles. The normalized spacial score (nSPS) is 16.7. The highest BCUT2D eigenvalue weighted by molar-refractivity contribution is 7.89. The zero-order valence-corrected chi connectivity index (χ0v) is 22.7. The van der Waals surface area contributed by atoms with Crippen LogP contribution in [-0.2, 0) is 19.6 Å². The van der Waals surface area contributed by atoms with E-state index in [2.05, 4.69) is 4.98 Å². The molecule has 2 amide bonds. The van der Waals surface area contributed by atoms with Gasteiger partial charge in [0.2, 0.25) is 21.8 Å². The third-order valence-corrected chi connectivity index (χ3v) is 9.29. The Morgan fingerprint density at radius 2 is 1.68 bits per heavy atom. The number of imide groups is 1. The van der Waals surface area contributed by atoms with Crippen LogP contribution in [0.3, 0.4) is 0 Å². The molecule has 0 radical (unpaired) electrons. The number of nitrogens with zero attached hydrogens (tertiary/aromatic N) is 3. The highest BCUT2D eigenvalue weighted by Gasteiger charge is 2.51. The maximum absolute atomic E-state index is 13.8. The molecule has 0 spiro atoms. The van der Waals surface area contributed by atoms with Gasteiger partial charge in [-0.1, -0.05) is 30.7 Å². The first-order valence-electron chi connectivity index (χ1n) is 12.2. The molecule has 1 fully saturated rings. The zero-order chi connectivity index (χ0) is 27.2. The minimum Gasteiger partial charge on any atom is -0.436 e. The van der Waals surface area contributed by atoms with Gasteiger partial charge in [-0.05, 0) is 80.9 Å². The first-order valence-corrected chi connectivity index (χ1v) is 14.0. The van der Waals surface area contributed by atoms with Gasteiger partial charge in [-0.25, -0.2) is 18.3 Å². The first kappa shape index (κ1) is 26.1. The Hall–Kier alpha value is -3.53. The van der Waals surface area contributed by atoms with Crippen LogP contribution in [0.25, 0.3) is 22.6 Å². The second kappa shape index (κ2) is 9.65. The molecule has 0 bridgehead atoms. The van der Waals surface area contributed by atoms with Gasteiger partial charge in [-0.2, -0.15) is 4.31 Å². The molecule has 1 aromatic heterocycles. The van der Waals surface area contributed by atoms with Crippen molar-refractivity contribution in [3.05, 3.63) is 77.8 Å². The molecular weight excluding hydrogens is 526 g/mol. The number of carbonyl (C=O) groups is 2. The standard InChI is InChI=1S/C28H26ClN3O5S/c1-4-28(2,3)32(38(35,36)21-15-11-19(29)12-16-21)23-17-25(33)31(27(23)34)20-13-9-18(10-14-20)26-30-22-7-5-6-8-24(22)37-26/h5-16,23H,4,17H2,1-3H3. The van der Waals surface area contributed by atoms with E-state index >= 15 is 0 Å². The Morgan fingerprint density at radius 3 is 2.32 bits per heavy atom. The van der Waals surface area contributed by atoms with Gasteiger partial charge in [0.1, 0.15) is 11.6 Å². The first-order chi connectivity index (χ1) is 18.0. The van der Waals surface area contributed by atoms with E-state index in [0.29, 0.717) is 34.2 Å². The minimum absolute atomic E-state index is 0.00446. The molecule has 38 heavy (non-hydrogen) atoms. The van der Waals surface area contributed by atoms with E-state index < -0.39 is 33.4 Å². The summed E-state index contributed by atoms with van der Waals surface area (Å²) in [6.07, 6.45) is 0.166. The van der Waals surface area contributed by atoms with Crippen LogP contribution < -0.4 is 4.90 Å². The maximum atomic E-state index is 13.8. The number of halogens is 1. The number of carbonyl (C=O) groups excluding carboxylic acids is 2. The lowest BCUT2D eigenvalue weighted by molar-refractivity contribution is -0.122. The summed E-state index contributed by atoms with van der Waals surface area (Å²) in [6, 6.07) is 18.7. The van der Waals surface area contributed by atoms with Gasteiger partial charge >= 0.3 is 0 Å². The van der Waals surface area contributed by atoms with E-state index in [4.69, 9.17) is 16.0 Å². The predicted molar refractivity (Wildman–Crippen MR) is 145 cm³/mol. The van der Waals surface area contributed by atoms with Gasteiger partial charge in [0.25, 0.3) is 5.91 Å². The molecule has 8 nitrogen and oxygen atoms in total. The summed E-state index contributed by atoms with van der Waals surface area (Å²) in [5.41, 5.74) is 1.46. The van der Waals surface area contributed by atoms with Crippen LogP contribution in [0.1, 0.15) is 33.6 Å². The molecule has 10 heteroatoms. The van der Waals surface area contributed by atoms with Gasteiger partial charge in [-0.15, -0.1) is 0 Å². The molecule has 3 aromatic carbocycles. The number of rotatable bonds is 7. The van der Waals surface area contributed by atoms with Crippen molar-refractivity contribution in [1.82, 2.24) is 9.29 Å². The summed E-state index contributed by atoms with van der Waals surface area (Å²) in [4.78, 5) is 32.3. The molecule has 1 aliphatic heterocycles. The number of aromatic nitrogens is 1. The van der Waals surface area contributed by atoms with Gasteiger partial charge in [-0.3, -0.25) is 9.59 Å². The van der Waals surface area contributed by atoms with Crippen LogP contribution in [0.5, 0.6) is 0 Å². The highest BCUT2D eigenvalue weighted by atomic mass is 35.5. The third kappa shape index (κ3) is 4.51. The second-order valence-corrected chi connectivity index (χ2v) is 12.0. The van der Waals surface area contributed by atoms with Crippen LogP contribution in [0.2, 0.25) is 5.02 Å². The number of hydrogen-bond donors (Lipinski definition) is 0. The number of sulfonamides is 1. The Labute approximate surface area is 225 Å². The topological polar surface area (TPSA) is 101 Å². The molecule has 2 heterocycles. The number of oxazole rings is 1. The van der Waals surface area contributed by atoms with Crippen molar-refractivity contribution in [2.45, 2.75) is 50.1 Å². The lowest BCUT2D eigenvalue weighted by atomic mass is 10.00. The van der Waals surface area contributed by atoms with E-state index in [1.807, 2.05) is 31.2 Å². The van der Waals surface area contributed by atoms with Crippen molar-refractivity contribution in [3.63, 3.8) is 0 Å². The molecular formula is C28H26ClN3O5S. The van der Waals surface area contributed by atoms with E-state index in [0.717, 1.165) is 10.4 Å². The summed E-state index contributed by atoms with van der Waals surface area (Å²) < 4.78 is 34.6. The van der Waals surface area contributed by atoms with E-state index in [1.165, 1.54) is 28.6 Å². The fourth-order valence-electron chi connectivity index (χ4n) is 4.61. The molecule has 0 N–H and O–H groups in total. The van der Waals surface area contributed by atoms with Gasteiger partial charge in [0.05, 0.1) is 17.0 Å². The summed E-state index contributed by atoms with van der Waals surface area (Å²) in [5, 5.41) is 0.393. The molecule has 1 atom stereocenters. The van der Waals surface area contributed by atoms with Crippen molar-refractivity contribution in [2.75, 3.05) is 4.90 Å². The molecule has 1 unspecified atom stereocenters. The Bertz CT molecular complexity index is 1600. The van der Waals surface area contributed by atoms with Crippen molar-refractivity contribution < 1.29 is 22.4 Å². The van der Waals surface area contributed by atoms with E-state index in [-0.39, 0.29) is 11.3 Å². The lowest BCUT2D eigenvalue weighted by Gasteiger charge is -2.39. The van der Waals surface area contributed by atoms with Crippen LogP contribution >= 0.6 is 11.6 Å². The second-order valence-electron chi connectivity index (χ2n) is 9.74. The third-order valence-electron chi connectivity index (χ3n) is 6.90. The number of benzene rings is 3. The fraction of sp³-hybridized carbons (Fsp3) is 0.250. The quantitative estimate of drug-likeness (QED) is 0.275. The number of anilines is 1. The largest absolute Gasteiger partial charge is 0.436 e. The minimum atomic E-state index is -4.13. The summed E-state index contributed by atoms with van der Waals surface area (Å²) in [7, 11) is -4.13. The van der Waals surface area contributed by atoms with Crippen LogP contribution in [0.15, 0.2) is 82.1 Å². The van der Waals surface area contributed by atoms with Crippen LogP contribution in [0.4, 0.5) is 5.69 Å². The van der Waals surface area contributed by atoms with Crippen molar-refractivity contribution in [2.24, 2.45) is 0 Å². The molecule has 1 aliphatic rings. The predicted octanol–water partition coefficient (Wildman–Crippen LogP) is 5.66. The average molecular weight is 552 g/mol. The Balaban J connectivity index is 1.47. The average Bonchev–Trinajstić information content (AvgIpc) is 3.44. The zero-order valence-electron chi connectivity index (χ0n) is 21.1. The van der Waals surface area contributed by atoms with Gasteiger partial charge in [0.15, 0.2) is 5.58 Å². The van der Waals surface area contributed by atoms with Crippen LogP contribution in [-0.4, -0.2) is 41.1 Å². The molecule has 5 rings (SSSR count). The highest BCUT2D eigenvalue weighted by Crippen LogP contribution is 2.36. The molecule has 1 saturated heterocycles.